The van der Waals surface area contributed by atoms with Crippen molar-refractivity contribution in [2.45, 2.75) is 44.6 Å². The monoisotopic (exact) mass is 228 g/mol. The second-order valence-electron chi connectivity index (χ2n) is 4.48. The number of nitrogens with two attached hydrogens (primary N) is 1. The average Bonchev–Trinajstić information content (AvgIpc) is 2.64. The molecular formula is C11H20N2O3. The van der Waals surface area contributed by atoms with Crippen molar-refractivity contribution in [1.82, 2.24) is 4.90 Å². The number of aliphatic carboxylic acids is 1. The van der Waals surface area contributed by atoms with E-state index in [1.165, 1.54) is 4.90 Å². The van der Waals surface area contributed by atoms with E-state index in [1.807, 2.05) is 6.92 Å². The van der Waals surface area contributed by atoms with Gasteiger partial charge in [-0.2, -0.15) is 0 Å². The van der Waals surface area contributed by atoms with E-state index in [0.717, 1.165) is 19.3 Å². The molecule has 1 aliphatic carbocycles. The van der Waals surface area contributed by atoms with E-state index >= 15 is 0 Å². The van der Waals surface area contributed by atoms with Crippen molar-refractivity contribution < 1.29 is 14.7 Å². The molecule has 1 aliphatic rings. The zero-order valence-corrected chi connectivity index (χ0v) is 9.74. The summed E-state index contributed by atoms with van der Waals surface area (Å²) in [5, 5.41) is 8.75. The molecular weight excluding hydrogens is 208 g/mol. The third-order valence-corrected chi connectivity index (χ3v) is 3.03. The minimum absolute atomic E-state index is 0.200. The molecule has 0 aromatic carbocycles. The molecule has 92 valence electrons. The summed E-state index contributed by atoms with van der Waals surface area (Å²) in [6.45, 7) is 2.13. The lowest BCUT2D eigenvalue weighted by atomic mass is 9.97. The van der Waals surface area contributed by atoms with E-state index in [0.29, 0.717) is 19.4 Å². The van der Waals surface area contributed by atoms with Crippen molar-refractivity contribution in [3.05, 3.63) is 0 Å². The van der Waals surface area contributed by atoms with Gasteiger partial charge < -0.3 is 15.7 Å². The average molecular weight is 228 g/mol. The highest BCUT2D eigenvalue weighted by atomic mass is 16.4. The smallest absolute Gasteiger partial charge is 0.323 e. The van der Waals surface area contributed by atoms with Gasteiger partial charge in [0.2, 0.25) is 5.91 Å². The molecule has 1 saturated carbocycles. The molecule has 0 bridgehead atoms. The molecule has 1 rings (SSSR count). The Morgan fingerprint density at radius 3 is 2.38 bits per heavy atom. The van der Waals surface area contributed by atoms with Crippen molar-refractivity contribution in [3.8, 4) is 0 Å². The highest BCUT2D eigenvalue weighted by Crippen LogP contribution is 2.29. The van der Waals surface area contributed by atoms with Gasteiger partial charge in [-0.3, -0.25) is 9.59 Å². The van der Waals surface area contributed by atoms with Crippen LogP contribution in [-0.2, 0) is 9.59 Å². The SMILES string of the molecule is CCCN(CC(=O)O)C(=O)C1(N)CCCC1. The van der Waals surface area contributed by atoms with Crippen LogP contribution >= 0.6 is 0 Å². The predicted molar refractivity (Wildman–Crippen MR) is 59.9 cm³/mol. The van der Waals surface area contributed by atoms with Crippen molar-refractivity contribution in [2.75, 3.05) is 13.1 Å². The highest BCUT2D eigenvalue weighted by Gasteiger charge is 2.40. The zero-order chi connectivity index (χ0) is 12.2. The summed E-state index contributed by atoms with van der Waals surface area (Å²) < 4.78 is 0. The maximum atomic E-state index is 12.1. The van der Waals surface area contributed by atoms with Gasteiger partial charge >= 0.3 is 5.97 Å². The molecule has 16 heavy (non-hydrogen) atoms. The van der Waals surface area contributed by atoms with Gasteiger partial charge in [-0.15, -0.1) is 0 Å². The van der Waals surface area contributed by atoms with E-state index in [-0.39, 0.29) is 12.5 Å². The number of rotatable bonds is 5. The van der Waals surface area contributed by atoms with Crippen molar-refractivity contribution in [3.63, 3.8) is 0 Å². The summed E-state index contributed by atoms with van der Waals surface area (Å²) in [6, 6.07) is 0. The second-order valence-corrected chi connectivity index (χ2v) is 4.48. The molecule has 0 spiro atoms. The van der Waals surface area contributed by atoms with Gasteiger partial charge in [-0.1, -0.05) is 19.8 Å². The standard InChI is InChI=1S/C11H20N2O3/c1-2-7-13(8-9(14)15)10(16)11(12)5-3-4-6-11/h2-8,12H2,1H3,(H,14,15). The van der Waals surface area contributed by atoms with Crippen molar-refractivity contribution in [2.24, 2.45) is 5.73 Å². The number of carboxylic acids is 1. The number of nitrogens with zero attached hydrogens (tertiary/aromatic N) is 1. The third-order valence-electron chi connectivity index (χ3n) is 3.03. The van der Waals surface area contributed by atoms with Crippen molar-refractivity contribution in [1.29, 1.82) is 0 Å². The summed E-state index contributed by atoms with van der Waals surface area (Å²) in [4.78, 5) is 24.2. The number of carboxylic acid groups (broad SMARTS) is 1. The number of amides is 1. The summed E-state index contributed by atoms with van der Waals surface area (Å²) in [6.07, 6.45) is 4.00. The largest absolute Gasteiger partial charge is 0.480 e. The molecule has 0 unspecified atom stereocenters. The van der Waals surface area contributed by atoms with Gasteiger partial charge in [-0.25, -0.2) is 0 Å². The van der Waals surface area contributed by atoms with E-state index in [1.54, 1.807) is 0 Å². The van der Waals surface area contributed by atoms with Crippen LogP contribution in [0.1, 0.15) is 39.0 Å². The maximum absolute atomic E-state index is 12.1. The molecule has 0 aliphatic heterocycles. The second kappa shape index (κ2) is 5.30. The Kier molecular flexibility index (Phi) is 4.29. The lowest BCUT2D eigenvalue weighted by Crippen LogP contribution is -2.54. The van der Waals surface area contributed by atoms with Gasteiger partial charge in [0.15, 0.2) is 0 Å². The first-order valence-electron chi connectivity index (χ1n) is 5.79. The number of carbonyl (C=O) groups excluding carboxylic acids is 1. The molecule has 1 fully saturated rings. The Labute approximate surface area is 95.6 Å². The fourth-order valence-electron chi connectivity index (χ4n) is 2.22. The Morgan fingerprint density at radius 2 is 1.94 bits per heavy atom. The molecule has 0 aromatic heterocycles. The lowest BCUT2D eigenvalue weighted by molar-refractivity contribution is -0.146. The van der Waals surface area contributed by atoms with Gasteiger partial charge in [-0.05, 0) is 19.3 Å². The fourth-order valence-corrected chi connectivity index (χ4v) is 2.22. The summed E-state index contributed by atoms with van der Waals surface area (Å²) in [5.41, 5.74) is 5.21. The molecule has 3 N–H and O–H groups in total. The van der Waals surface area contributed by atoms with E-state index in [9.17, 15) is 9.59 Å². The fraction of sp³-hybridized carbons (Fsp3) is 0.818. The van der Waals surface area contributed by atoms with Gasteiger partial charge in [0.1, 0.15) is 6.54 Å². The van der Waals surface area contributed by atoms with Crippen LogP contribution in [-0.4, -0.2) is 40.5 Å². The van der Waals surface area contributed by atoms with Crippen LogP contribution in [0.5, 0.6) is 0 Å². The number of hydrogen-bond donors (Lipinski definition) is 2. The molecule has 0 atom stereocenters. The normalized spacial score (nSPS) is 18.4. The Morgan fingerprint density at radius 1 is 1.38 bits per heavy atom. The molecule has 5 heteroatoms. The Bertz CT molecular complexity index is 272. The van der Waals surface area contributed by atoms with E-state index in [4.69, 9.17) is 10.8 Å². The third kappa shape index (κ3) is 2.95. The first-order chi connectivity index (χ1) is 7.49. The lowest BCUT2D eigenvalue weighted by Gasteiger charge is -2.30. The molecule has 0 heterocycles. The zero-order valence-electron chi connectivity index (χ0n) is 9.74. The summed E-state index contributed by atoms with van der Waals surface area (Å²) in [5.74, 6) is -1.18. The first kappa shape index (κ1) is 13.0. The Hall–Kier alpha value is -1.10. The van der Waals surface area contributed by atoms with Gasteiger partial charge in [0.25, 0.3) is 0 Å². The highest BCUT2D eigenvalue weighted by molar-refractivity contribution is 5.89. The maximum Gasteiger partial charge on any atom is 0.323 e. The number of carbonyl (C=O) groups is 2. The quantitative estimate of drug-likeness (QED) is 0.721. The molecule has 0 saturated heterocycles. The van der Waals surface area contributed by atoms with E-state index in [2.05, 4.69) is 0 Å². The molecule has 5 nitrogen and oxygen atoms in total. The van der Waals surface area contributed by atoms with Crippen LogP contribution in [0, 0.1) is 0 Å². The summed E-state index contributed by atoms with van der Waals surface area (Å²) in [7, 11) is 0. The van der Waals surface area contributed by atoms with Crippen LogP contribution in [0.4, 0.5) is 0 Å². The predicted octanol–water partition coefficient (Wildman–Crippen LogP) is 0.581. The molecule has 0 radical (unpaired) electrons. The van der Waals surface area contributed by atoms with Crippen LogP contribution in [0.25, 0.3) is 0 Å². The van der Waals surface area contributed by atoms with Crippen LogP contribution < -0.4 is 5.73 Å². The van der Waals surface area contributed by atoms with Crippen LogP contribution in [0.2, 0.25) is 0 Å². The topological polar surface area (TPSA) is 83.6 Å². The first-order valence-corrected chi connectivity index (χ1v) is 5.79. The minimum atomic E-state index is -0.983. The molecule has 1 amide bonds. The Balaban J connectivity index is 2.69. The van der Waals surface area contributed by atoms with Gasteiger partial charge in [0.05, 0.1) is 5.54 Å². The van der Waals surface area contributed by atoms with Gasteiger partial charge in [0, 0.05) is 6.54 Å². The van der Waals surface area contributed by atoms with Crippen molar-refractivity contribution >= 4 is 11.9 Å². The number of hydrogen-bond acceptors (Lipinski definition) is 3. The minimum Gasteiger partial charge on any atom is -0.480 e. The summed E-state index contributed by atoms with van der Waals surface area (Å²) >= 11 is 0. The van der Waals surface area contributed by atoms with Crippen LogP contribution in [0.15, 0.2) is 0 Å². The van der Waals surface area contributed by atoms with Crippen LogP contribution in [0.3, 0.4) is 0 Å². The molecule has 0 aromatic rings. The van der Waals surface area contributed by atoms with E-state index < -0.39 is 11.5 Å².